The minimum Gasteiger partial charge on any atom is -0.363 e. The van der Waals surface area contributed by atoms with E-state index in [1.54, 1.807) is 6.20 Å². The molecule has 0 aromatic carbocycles. The number of hydrogen-bond acceptors (Lipinski definition) is 3. The van der Waals surface area contributed by atoms with Gasteiger partial charge in [-0.15, -0.1) is 0 Å². The van der Waals surface area contributed by atoms with Crippen LogP contribution in [0.2, 0.25) is 0 Å². The Bertz CT molecular complexity index is 262. The molecule has 2 N–H and O–H groups in total. The van der Waals surface area contributed by atoms with Gasteiger partial charge in [-0.25, -0.2) is 0 Å². The number of nitrogens with one attached hydrogen (secondary N) is 2. The van der Waals surface area contributed by atoms with Crippen molar-refractivity contribution in [3.8, 4) is 0 Å². The fourth-order valence-electron chi connectivity index (χ4n) is 0.822. The highest BCUT2D eigenvalue weighted by Crippen LogP contribution is 1.88. The van der Waals surface area contributed by atoms with Crippen molar-refractivity contribution in [1.82, 2.24) is 20.8 Å². The Morgan fingerprint density at radius 1 is 1.54 bits per heavy atom. The number of nitrogens with zero attached hydrogens (tertiary/aromatic N) is 2. The molecule has 0 bridgehead atoms. The molecule has 1 rings (SSSR count). The van der Waals surface area contributed by atoms with Crippen LogP contribution in [0.3, 0.4) is 0 Å². The van der Waals surface area contributed by atoms with Gasteiger partial charge in [-0.3, -0.25) is 0 Å². The molecule has 0 spiro atoms. The van der Waals surface area contributed by atoms with Crippen LogP contribution in [0.25, 0.3) is 0 Å². The van der Waals surface area contributed by atoms with Crippen LogP contribution in [-0.2, 0) is 6.54 Å². The first kappa shape index (κ1) is 9.85. The third-order valence-electron chi connectivity index (χ3n) is 1.39. The molecule has 1 aromatic rings. The van der Waals surface area contributed by atoms with Crippen molar-refractivity contribution in [1.29, 1.82) is 0 Å². The third-order valence-corrected chi connectivity index (χ3v) is 1.68. The summed E-state index contributed by atoms with van der Waals surface area (Å²) < 4.78 is 0. The molecule has 13 heavy (non-hydrogen) atoms. The van der Waals surface area contributed by atoms with Crippen LogP contribution in [0.4, 0.5) is 0 Å². The van der Waals surface area contributed by atoms with E-state index in [9.17, 15) is 0 Å². The number of thiocarbonyl (C=S) groups is 1. The highest BCUT2D eigenvalue weighted by Gasteiger charge is 1.94. The maximum atomic E-state index is 4.98. The molecule has 0 saturated carbocycles. The van der Waals surface area contributed by atoms with Crippen molar-refractivity contribution in [3.05, 3.63) is 24.0 Å². The minimum absolute atomic E-state index is 0.611. The molecule has 70 valence electrons. The fourth-order valence-corrected chi connectivity index (χ4v) is 1.04. The lowest BCUT2D eigenvalue weighted by Crippen LogP contribution is -2.34. The molecule has 0 radical (unpaired) electrons. The minimum atomic E-state index is 0.611. The Morgan fingerprint density at radius 2 is 2.38 bits per heavy atom. The van der Waals surface area contributed by atoms with Gasteiger partial charge >= 0.3 is 0 Å². The second-order valence-electron chi connectivity index (χ2n) is 2.43. The maximum Gasteiger partial charge on any atom is 0.166 e. The summed E-state index contributed by atoms with van der Waals surface area (Å²) in [5, 5.41) is 14.3. The Labute approximate surface area is 82.8 Å². The first-order valence-corrected chi connectivity index (χ1v) is 4.52. The molecule has 5 heteroatoms. The van der Waals surface area contributed by atoms with E-state index in [-0.39, 0.29) is 0 Å². The van der Waals surface area contributed by atoms with E-state index in [1.165, 1.54) is 0 Å². The lowest BCUT2D eigenvalue weighted by atomic mass is 10.4. The van der Waals surface area contributed by atoms with Crippen molar-refractivity contribution in [2.75, 3.05) is 6.54 Å². The van der Waals surface area contributed by atoms with Crippen LogP contribution in [0.1, 0.15) is 12.6 Å². The van der Waals surface area contributed by atoms with Crippen molar-refractivity contribution in [3.63, 3.8) is 0 Å². The predicted molar refractivity (Wildman–Crippen MR) is 55.1 cm³/mol. The van der Waals surface area contributed by atoms with Gasteiger partial charge in [-0.05, 0) is 31.3 Å². The lowest BCUT2D eigenvalue weighted by molar-refractivity contribution is 0.805. The van der Waals surface area contributed by atoms with Crippen LogP contribution < -0.4 is 10.6 Å². The topological polar surface area (TPSA) is 49.8 Å². The van der Waals surface area contributed by atoms with Crippen LogP contribution >= 0.6 is 12.2 Å². The van der Waals surface area contributed by atoms with Gasteiger partial charge in [0.25, 0.3) is 0 Å². The molecule has 0 atom stereocenters. The molecule has 0 unspecified atom stereocenters. The fraction of sp³-hybridized carbons (Fsp3) is 0.375. The summed E-state index contributed by atoms with van der Waals surface area (Å²) in [4.78, 5) is 0. The highest BCUT2D eigenvalue weighted by atomic mass is 32.1. The Hall–Kier alpha value is -1.23. The molecule has 1 heterocycles. The number of aromatic nitrogens is 2. The molecule has 0 amide bonds. The van der Waals surface area contributed by atoms with E-state index in [2.05, 4.69) is 20.8 Å². The summed E-state index contributed by atoms with van der Waals surface area (Å²) in [5.74, 6) is 0. The van der Waals surface area contributed by atoms with Gasteiger partial charge in [0, 0.05) is 12.7 Å². The Balaban J connectivity index is 2.31. The lowest BCUT2D eigenvalue weighted by Gasteiger charge is -2.06. The molecule has 0 aliphatic rings. The Kier molecular flexibility index (Phi) is 4.11. The van der Waals surface area contributed by atoms with Crippen molar-refractivity contribution in [2.45, 2.75) is 13.5 Å². The molecule has 0 saturated heterocycles. The monoisotopic (exact) mass is 196 g/mol. The van der Waals surface area contributed by atoms with Gasteiger partial charge in [0.2, 0.25) is 0 Å². The van der Waals surface area contributed by atoms with E-state index in [0.717, 1.165) is 12.2 Å². The number of hydrogen-bond donors (Lipinski definition) is 2. The van der Waals surface area contributed by atoms with Crippen LogP contribution in [0.15, 0.2) is 18.3 Å². The first-order valence-electron chi connectivity index (χ1n) is 4.11. The highest BCUT2D eigenvalue weighted by molar-refractivity contribution is 7.80. The first-order chi connectivity index (χ1) is 6.33. The van der Waals surface area contributed by atoms with E-state index in [1.807, 2.05) is 19.1 Å². The SMILES string of the molecule is CCNC(=S)NCc1cccnn1. The molecule has 0 aliphatic heterocycles. The van der Waals surface area contributed by atoms with Crippen LogP contribution in [0.5, 0.6) is 0 Å². The smallest absolute Gasteiger partial charge is 0.166 e. The zero-order valence-electron chi connectivity index (χ0n) is 7.45. The average Bonchev–Trinajstić information content (AvgIpc) is 2.17. The second-order valence-corrected chi connectivity index (χ2v) is 2.84. The predicted octanol–water partition coefficient (Wildman–Crippen LogP) is 0.461. The Morgan fingerprint density at radius 3 is 3.00 bits per heavy atom. The van der Waals surface area contributed by atoms with E-state index in [4.69, 9.17) is 12.2 Å². The largest absolute Gasteiger partial charge is 0.363 e. The van der Waals surface area contributed by atoms with Gasteiger partial charge in [0.05, 0.1) is 12.2 Å². The molecule has 0 fully saturated rings. The summed E-state index contributed by atoms with van der Waals surface area (Å²) in [5.41, 5.74) is 0.878. The quantitative estimate of drug-likeness (QED) is 0.688. The summed E-state index contributed by atoms with van der Waals surface area (Å²) in [6, 6.07) is 3.74. The van der Waals surface area contributed by atoms with Gasteiger partial charge in [-0.1, -0.05) is 0 Å². The molecular formula is C8H12N4S. The van der Waals surface area contributed by atoms with Crippen molar-refractivity contribution >= 4 is 17.3 Å². The maximum absolute atomic E-state index is 4.98. The van der Waals surface area contributed by atoms with Crippen molar-refractivity contribution < 1.29 is 0 Å². The van der Waals surface area contributed by atoms with Crippen LogP contribution in [0, 0.1) is 0 Å². The molecule has 4 nitrogen and oxygen atoms in total. The molecular weight excluding hydrogens is 184 g/mol. The van der Waals surface area contributed by atoms with Gasteiger partial charge in [0.1, 0.15) is 0 Å². The van der Waals surface area contributed by atoms with E-state index in [0.29, 0.717) is 11.7 Å². The van der Waals surface area contributed by atoms with Gasteiger partial charge < -0.3 is 10.6 Å². The number of rotatable bonds is 3. The van der Waals surface area contributed by atoms with Crippen molar-refractivity contribution in [2.24, 2.45) is 0 Å². The van der Waals surface area contributed by atoms with Crippen LogP contribution in [-0.4, -0.2) is 21.9 Å². The van der Waals surface area contributed by atoms with Gasteiger partial charge in [0.15, 0.2) is 5.11 Å². The summed E-state index contributed by atoms with van der Waals surface area (Å²) in [6.07, 6.45) is 1.64. The summed E-state index contributed by atoms with van der Waals surface area (Å²) >= 11 is 4.98. The normalized spacial score (nSPS) is 9.31. The van der Waals surface area contributed by atoms with E-state index >= 15 is 0 Å². The zero-order chi connectivity index (χ0) is 9.52. The third kappa shape index (κ3) is 3.80. The standard InChI is InChI=1S/C8H12N4S/c1-2-9-8(13)10-6-7-4-3-5-11-12-7/h3-5H,2,6H2,1H3,(H2,9,10,13). The molecule has 1 aromatic heterocycles. The summed E-state index contributed by atoms with van der Waals surface area (Å²) in [6.45, 7) is 3.43. The molecule has 0 aliphatic carbocycles. The zero-order valence-corrected chi connectivity index (χ0v) is 8.27. The van der Waals surface area contributed by atoms with E-state index < -0.39 is 0 Å². The second kappa shape index (κ2) is 5.42. The summed E-state index contributed by atoms with van der Waals surface area (Å²) in [7, 11) is 0. The average molecular weight is 196 g/mol. The van der Waals surface area contributed by atoms with Gasteiger partial charge in [-0.2, -0.15) is 10.2 Å².